The second-order valence-electron chi connectivity index (χ2n) is 1.64. The van der Waals surface area contributed by atoms with Crippen molar-refractivity contribution >= 4 is 0 Å². The van der Waals surface area contributed by atoms with Gasteiger partial charge in [0.15, 0.2) is 0 Å². The van der Waals surface area contributed by atoms with Crippen molar-refractivity contribution in [3.05, 3.63) is 12.7 Å². The first kappa shape index (κ1) is 8.59. The molecule has 1 atom stereocenters. The fourth-order valence-corrected chi connectivity index (χ4v) is 0.277. The van der Waals surface area contributed by atoms with E-state index in [-0.39, 0.29) is 12.6 Å². The van der Waals surface area contributed by atoms with Gasteiger partial charge in [-0.05, 0) is 6.92 Å². The molecule has 0 aliphatic carbocycles. The smallest absolute Gasteiger partial charge is 0.104 e. The lowest BCUT2D eigenvalue weighted by atomic mass is 10.4. The van der Waals surface area contributed by atoms with E-state index in [0.717, 1.165) is 0 Å². The summed E-state index contributed by atoms with van der Waals surface area (Å²) in [6, 6.07) is 0. The highest BCUT2D eigenvalue weighted by atomic mass is 19.1. The Morgan fingerprint density at radius 2 is 2.56 bits per heavy atom. The molecule has 0 saturated carbocycles. The summed E-state index contributed by atoms with van der Waals surface area (Å²) in [5.41, 5.74) is 2.44. The lowest BCUT2D eigenvalue weighted by molar-refractivity contribution is 0.00795. The molecule has 0 spiro atoms. The molecule has 0 saturated heterocycles. The van der Waals surface area contributed by atoms with E-state index in [4.69, 9.17) is 4.84 Å². The highest BCUT2D eigenvalue weighted by Gasteiger charge is 1.92. The minimum absolute atomic E-state index is 0.0588. The van der Waals surface area contributed by atoms with Gasteiger partial charge in [0.25, 0.3) is 0 Å². The number of hydroxylamine groups is 1. The second-order valence-corrected chi connectivity index (χ2v) is 1.64. The quantitative estimate of drug-likeness (QED) is 0.344. The average molecular weight is 133 g/mol. The summed E-state index contributed by atoms with van der Waals surface area (Å²) < 4.78 is 11.4. The van der Waals surface area contributed by atoms with Crippen LogP contribution in [0, 0.1) is 0 Å². The van der Waals surface area contributed by atoms with E-state index >= 15 is 0 Å². The SMILES string of the molecule is C=CC(C)ONCCF. The maximum Gasteiger partial charge on any atom is 0.104 e. The van der Waals surface area contributed by atoms with Crippen molar-refractivity contribution < 1.29 is 9.23 Å². The lowest BCUT2D eigenvalue weighted by Gasteiger charge is -2.06. The third-order valence-electron chi connectivity index (χ3n) is 0.798. The van der Waals surface area contributed by atoms with Crippen molar-refractivity contribution in [3.63, 3.8) is 0 Å². The first-order valence-corrected chi connectivity index (χ1v) is 2.88. The molecule has 1 N–H and O–H groups in total. The van der Waals surface area contributed by atoms with Crippen LogP contribution in [0.4, 0.5) is 4.39 Å². The van der Waals surface area contributed by atoms with Gasteiger partial charge in [0.1, 0.15) is 6.67 Å². The van der Waals surface area contributed by atoms with Crippen LogP contribution < -0.4 is 5.48 Å². The number of hydrogen-bond donors (Lipinski definition) is 1. The second kappa shape index (κ2) is 5.72. The van der Waals surface area contributed by atoms with Crippen molar-refractivity contribution in [2.75, 3.05) is 13.2 Å². The van der Waals surface area contributed by atoms with Crippen molar-refractivity contribution in [3.8, 4) is 0 Å². The van der Waals surface area contributed by atoms with Gasteiger partial charge in [-0.1, -0.05) is 6.08 Å². The first-order chi connectivity index (χ1) is 4.31. The van der Waals surface area contributed by atoms with Crippen molar-refractivity contribution in [2.24, 2.45) is 0 Å². The van der Waals surface area contributed by atoms with Crippen LogP contribution >= 0.6 is 0 Å². The Kier molecular flexibility index (Phi) is 5.46. The minimum Gasteiger partial charge on any atom is -0.295 e. The molecule has 0 aromatic carbocycles. The standard InChI is InChI=1S/C6H12FNO/c1-3-6(2)9-8-5-4-7/h3,6,8H,1,4-5H2,2H3. The molecular weight excluding hydrogens is 121 g/mol. The predicted molar refractivity (Wildman–Crippen MR) is 34.7 cm³/mol. The Hall–Kier alpha value is -0.410. The van der Waals surface area contributed by atoms with E-state index in [1.807, 2.05) is 6.92 Å². The molecule has 3 heteroatoms. The summed E-state index contributed by atoms with van der Waals surface area (Å²) >= 11 is 0. The molecule has 0 aromatic rings. The predicted octanol–water partition coefficient (Wildman–Crippen LogP) is 1.05. The van der Waals surface area contributed by atoms with Gasteiger partial charge in [0, 0.05) is 6.54 Å². The third kappa shape index (κ3) is 5.46. The topological polar surface area (TPSA) is 21.3 Å². The van der Waals surface area contributed by atoms with Gasteiger partial charge in [-0.25, -0.2) is 4.39 Å². The molecule has 2 nitrogen and oxygen atoms in total. The highest BCUT2D eigenvalue weighted by Crippen LogP contribution is 1.85. The number of alkyl halides is 1. The summed E-state index contributed by atoms with van der Waals surface area (Å²) in [6.07, 6.45) is 1.57. The molecule has 9 heavy (non-hydrogen) atoms. The molecule has 0 rings (SSSR count). The molecule has 0 radical (unpaired) electrons. The largest absolute Gasteiger partial charge is 0.295 e. The van der Waals surface area contributed by atoms with Gasteiger partial charge in [-0.3, -0.25) is 4.84 Å². The molecule has 0 aliphatic rings. The monoisotopic (exact) mass is 133 g/mol. The Labute approximate surface area is 54.7 Å². The summed E-state index contributed by atoms with van der Waals surface area (Å²) in [5, 5.41) is 0. The number of rotatable bonds is 5. The summed E-state index contributed by atoms with van der Waals surface area (Å²) in [5.74, 6) is 0. The zero-order chi connectivity index (χ0) is 7.11. The number of hydrogen-bond acceptors (Lipinski definition) is 2. The van der Waals surface area contributed by atoms with Crippen molar-refractivity contribution in [1.29, 1.82) is 0 Å². The van der Waals surface area contributed by atoms with Gasteiger partial charge in [-0.15, -0.1) is 6.58 Å². The summed E-state index contributed by atoms with van der Waals surface area (Å²) in [7, 11) is 0. The number of halogens is 1. The third-order valence-corrected chi connectivity index (χ3v) is 0.798. The maximum atomic E-state index is 11.4. The zero-order valence-corrected chi connectivity index (χ0v) is 5.56. The van der Waals surface area contributed by atoms with Gasteiger partial charge in [0.2, 0.25) is 0 Å². The van der Waals surface area contributed by atoms with Crippen LogP contribution in [-0.4, -0.2) is 19.3 Å². The van der Waals surface area contributed by atoms with E-state index < -0.39 is 6.67 Å². The summed E-state index contributed by atoms with van der Waals surface area (Å²) in [6.45, 7) is 5.12. The summed E-state index contributed by atoms with van der Waals surface area (Å²) in [4.78, 5) is 4.82. The van der Waals surface area contributed by atoms with E-state index in [1.54, 1.807) is 6.08 Å². The fraction of sp³-hybridized carbons (Fsp3) is 0.667. The van der Waals surface area contributed by atoms with Gasteiger partial charge >= 0.3 is 0 Å². The zero-order valence-electron chi connectivity index (χ0n) is 5.56. The van der Waals surface area contributed by atoms with Crippen molar-refractivity contribution in [1.82, 2.24) is 5.48 Å². The molecule has 0 heterocycles. The van der Waals surface area contributed by atoms with Crippen LogP contribution in [0.5, 0.6) is 0 Å². The van der Waals surface area contributed by atoms with Gasteiger partial charge in [-0.2, -0.15) is 5.48 Å². The van der Waals surface area contributed by atoms with Crippen LogP contribution in [0.1, 0.15) is 6.92 Å². The minimum atomic E-state index is -0.413. The van der Waals surface area contributed by atoms with Crippen LogP contribution in [0.15, 0.2) is 12.7 Å². The number of nitrogens with one attached hydrogen (secondary N) is 1. The Bertz CT molecular complexity index is 77.5. The van der Waals surface area contributed by atoms with Crippen LogP contribution in [0.2, 0.25) is 0 Å². The highest BCUT2D eigenvalue weighted by molar-refractivity contribution is 4.74. The normalized spacial score (nSPS) is 13.1. The van der Waals surface area contributed by atoms with E-state index in [1.165, 1.54) is 0 Å². The molecule has 0 amide bonds. The van der Waals surface area contributed by atoms with E-state index in [9.17, 15) is 4.39 Å². The first-order valence-electron chi connectivity index (χ1n) is 2.88. The maximum absolute atomic E-state index is 11.4. The average Bonchev–Trinajstić information content (AvgIpc) is 1.89. The van der Waals surface area contributed by atoms with Crippen LogP contribution in [-0.2, 0) is 4.84 Å². The molecule has 0 fully saturated rings. The van der Waals surface area contributed by atoms with Crippen molar-refractivity contribution in [2.45, 2.75) is 13.0 Å². The molecule has 0 aromatic heterocycles. The molecular formula is C6H12FNO. The lowest BCUT2D eigenvalue weighted by Crippen LogP contribution is -2.22. The Morgan fingerprint density at radius 3 is 3.00 bits per heavy atom. The molecule has 54 valence electrons. The molecule has 0 bridgehead atoms. The fourth-order valence-electron chi connectivity index (χ4n) is 0.277. The van der Waals surface area contributed by atoms with Gasteiger partial charge < -0.3 is 0 Å². The Balaban J connectivity index is 2.96. The van der Waals surface area contributed by atoms with Crippen LogP contribution in [0.25, 0.3) is 0 Å². The van der Waals surface area contributed by atoms with E-state index in [0.29, 0.717) is 0 Å². The molecule has 1 unspecified atom stereocenters. The molecule has 0 aliphatic heterocycles. The van der Waals surface area contributed by atoms with Crippen LogP contribution in [0.3, 0.4) is 0 Å². The van der Waals surface area contributed by atoms with E-state index in [2.05, 4.69) is 12.1 Å². The van der Waals surface area contributed by atoms with Gasteiger partial charge in [0.05, 0.1) is 6.10 Å². The Morgan fingerprint density at radius 1 is 1.89 bits per heavy atom.